The number of aliphatic hydroxyl groups is 1. The Labute approximate surface area is 186 Å². The van der Waals surface area contributed by atoms with Crippen LogP contribution in [0.2, 0.25) is 0 Å². The number of ether oxygens (including phenoxy) is 1. The van der Waals surface area contributed by atoms with Gasteiger partial charge in [0.15, 0.2) is 5.60 Å². The SMILES string of the molecule is CC[C@@]1(O)C(=O)OCc2c1cc1n(c2=O)Cc2cc3cccc([C@H](C)NC(C)C)c3nc2-1. The van der Waals surface area contributed by atoms with Crippen molar-refractivity contribution in [1.29, 1.82) is 0 Å². The first-order valence-corrected chi connectivity index (χ1v) is 11.1. The number of nitrogens with zero attached hydrogens (tertiary/aromatic N) is 2. The highest BCUT2D eigenvalue weighted by Crippen LogP contribution is 2.39. The number of aromatic nitrogens is 2. The van der Waals surface area contributed by atoms with Gasteiger partial charge in [0.25, 0.3) is 5.56 Å². The molecule has 3 aromatic rings. The summed E-state index contributed by atoms with van der Waals surface area (Å²) in [5, 5.41) is 15.6. The molecule has 32 heavy (non-hydrogen) atoms. The Morgan fingerprint density at radius 3 is 2.75 bits per heavy atom. The molecule has 0 saturated carbocycles. The van der Waals surface area contributed by atoms with E-state index in [1.165, 1.54) is 0 Å². The van der Waals surface area contributed by atoms with Crippen LogP contribution in [0.1, 0.15) is 62.4 Å². The van der Waals surface area contributed by atoms with Crippen LogP contribution in [-0.4, -0.2) is 26.7 Å². The van der Waals surface area contributed by atoms with Crippen LogP contribution in [0.3, 0.4) is 0 Å². The van der Waals surface area contributed by atoms with E-state index in [-0.39, 0.29) is 24.6 Å². The molecule has 0 fully saturated rings. The summed E-state index contributed by atoms with van der Waals surface area (Å²) >= 11 is 0. The lowest BCUT2D eigenvalue weighted by atomic mass is 9.86. The topological polar surface area (TPSA) is 93.5 Å². The maximum atomic E-state index is 13.3. The van der Waals surface area contributed by atoms with E-state index in [1.807, 2.05) is 12.1 Å². The fourth-order valence-electron chi connectivity index (χ4n) is 4.97. The fraction of sp³-hybridized carbons (Fsp3) is 0.400. The molecule has 0 aliphatic carbocycles. The Kier molecular flexibility index (Phi) is 4.72. The Balaban J connectivity index is 1.73. The standard InChI is InChI=1S/C25H27N3O4/c1-5-25(31)19-10-20-22-16(11-28(20)23(29)18(19)12-32-24(25)30)9-15-7-6-8-17(21(15)27-22)14(4)26-13(2)3/h6-10,13-14,26,31H,5,11-12H2,1-4H3/t14-,25-/m0/s1. The number of carbonyl (C=O) groups is 1. The highest BCUT2D eigenvalue weighted by Gasteiger charge is 2.45. The molecule has 0 spiro atoms. The van der Waals surface area contributed by atoms with Gasteiger partial charge in [0, 0.05) is 28.6 Å². The van der Waals surface area contributed by atoms with Crippen molar-refractivity contribution in [2.45, 2.75) is 65.0 Å². The highest BCUT2D eigenvalue weighted by molar-refractivity contribution is 5.88. The van der Waals surface area contributed by atoms with Crippen LogP contribution in [0.4, 0.5) is 0 Å². The summed E-state index contributed by atoms with van der Waals surface area (Å²) in [6, 6.07) is 10.4. The molecule has 1 aromatic carbocycles. The molecular formula is C25H27N3O4. The first-order chi connectivity index (χ1) is 15.2. The van der Waals surface area contributed by atoms with E-state index in [0.717, 1.165) is 27.7 Å². The molecule has 0 amide bonds. The van der Waals surface area contributed by atoms with Crippen LogP contribution in [0.15, 0.2) is 35.1 Å². The van der Waals surface area contributed by atoms with Crippen molar-refractivity contribution in [3.63, 3.8) is 0 Å². The first-order valence-electron chi connectivity index (χ1n) is 11.1. The molecule has 4 heterocycles. The number of hydrogen-bond donors (Lipinski definition) is 2. The van der Waals surface area contributed by atoms with Gasteiger partial charge in [-0.15, -0.1) is 0 Å². The minimum absolute atomic E-state index is 0.108. The average molecular weight is 434 g/mol. The molecule has 0 saturated heterocycles. The molecule has 2 aromatic heterocycles. The van der Waals surface area contributed by atoms with Crippen LogP contribution in [0.25, 0.3) is 22.3 Å². The summed E-state index contributed by atoms with van der Waals surface area (Å²) in [6.45, 7) is 8.32. The molecule has 0 radical (unpaired) electrons. The molecule has 2 N–H and O–H groups in total. The zero-order chi connectivity index (χ0) is 22.8. The predicted octanol–water partition coefficient (Wildman–Crippen LogP) is 3.14. The minimum Gasteiger partial charge on any atom is -0.458 e. The van der Waals surface area contributed by atoms with Gasteiger partial charge >= 0.3 is 5.97 Å². The number of benzene rings is 1. The van der Waals surface area contributed by atoms with Crippen molar-refractivity contribution in [3.05, 3.63) is 62.9 Å². The minimum atomic E-state index is -1.82. The van der Waals surface area contributed by atoms with Gasteiger partial charge in [-0.05, 0) is 31.0 Å². The van der Waals surface area contributed by atoms with E-state index in [0.29, 0.717) is 29.4 Å². The smallest absolute Gasteiger partial charge is 0.343 e. The summed E-state index contributed by atoms with van der Waals surface area (Å²) < 4.78 is 6.81. The molecule has 2 aliphatic heterocycles. The van der Waals surface area contributed by atoms with Gasteiger partial charge in [0.1, 0.15) is 6.61 Å². The Bertz CT molecular complexity index is 1330. The summed E-state index contributed by atoms with van der Waals surface area (Å²) in [7, 11) is 0. The van der Waals surface area contributed by atoms with Crippen LogP contribution in [-0.2, 0) is 28.3 Å². The molecule has 2 aliphatic rings. The van der Waals surface area contributed by atoms with Crippen molar-refractivity contribution < 1.29 is 14.6 Å². The zero-order valence-corrected chi connectivity index (χ0v) is 18.7. The second-order valence-corrected chi connectivity index (χ2v) is 9.06. The van der Waals surface area contributed by atoms with Crippen molar-refractivity contribution >= 4 is 16.9 Å². The normalized spacial score (nSPS) is 20.1. The van der Waals surface area contributed by atoms with Gasteiger partial charge in [-0.2, -0.15) is 0 Å². The van der Waals surface area contributed by atoms with Gasteiger partial charge < -0.3 is 19.7 Å². The first kappa shape index (κ1) is 20.8. The van der Waals surface area contributed by atoms with Gasteiger partial charge in [0.2, 0.25) is 0 Å². The molecule has 7 heteroatoms. The fourth-order valence-corrected chi connectivity index (χ4v) is 4.97. The van der Waals surface area contributed by atoms with Gasteiger partial charge in [0.05, 0.1) is 29.0 Å². The number of hydrogen-bond acceptors (Lipinski definition) is 6. The van der Waals surface area contributed by atoms with Gasteiger partial charge in [-0.1, -0.05) is 39.0 Å². The van der Waals surface area contributed by atoms with E-state index in [1.54, 1.807) is 17.6 Å². The number of esters is 1. The molecule has 0 unspecified atom stereocenters. The lowest BCUT2D eigenvalue weighted by Crippen LogP contribution is -2.44. The Morgan fingerprint density at radius 2 is 2.03 bits per heavy atom. The molecule has 2 atom stereocenters. The number of rotatable bonds is 4. The number of pyridine rings is 2. The quantitative estimate of drug-likeness (QED) is 0.480. The predicted molar refractivity (Wildman–Crippen MR) is 121 cm³/mol. The van der Waals surface area contributed by atoms with Crippen molar-refractivity contribution in [2.24, 2.45) is 0 Å². The summed E-state index contributed by atoms with van der Waals surface area (Å²) in [6.07, 6.45) is 0.127. The van der Waals surface area contributed by atoms with Gasteiger partial charge in [-0.25, -0.2) is 9.78 Å². The lowest BCUT2D eigenvalue weighted by molar-refractivity contribution is -0.172. The zero-order valence-electron chi connectivity index (χ0n) is 18.7. The second-order valence-electron chi connectivity index (χ2n) is 9.06. The third-order valence-electron chi connectivity index (χ3n) is 6.62. The van der Waals surface area contributed by atoms with E-state index >= 15 is 0 Å². The van der Waals surface area contributed by atoms with Crippen molar-refractivity contribution in [2.75, 3.05) is 0 Å². The monoisotopic (exact) mass is 433 g/mol. The molecule has 166 valence electrons. The number of para-hydroxylation sites is 1. The van der Waals surface area contributed by atoms with E-state index in [9.17, 15) is 14.7 Å². The van der Waals surface area contributed by atoms with Crippen molar-refractivity contribution in [1.82, 2.24) is 14.9 Å². The number of carbonyl (C=O) groups excluding carboxylic acids is 1. The molecule has 5 rings (SSSR count). The maximum Gasteiger partial charge on any atom is 0.343 e. The molecular weight excluding hydrogens is 406 g/mol. The van der Waals surface area contributed by atoms with E-state index in [2.05, 4.69) is 38.2 Å². The van der Waals surface area contributed by atoms with Crippen LogP contribution in [0.5, 0.6) is 0 Å². The second kappa shape index (κ2) is 7.25. The van der Waals surface area contributed by atoms with Crippen LogP contribution < -0.4 is 10.9 Å². The van der Waals surface area contributed by atoms with Crippen LogP contribution in [0, 0.1) is 0 Å². The number of cyclic esters (lactones) is 1. The highest BCUT2D eigenvalue weighted by atomic mass is 16.6. The largest absolute Gasteiger partial charge is 0.458 e. The third-order valence-corrected chi connectivity index (χ3v) is 6.62. The number of nitrogens with one attached hydrogen (secondary N) is 1. The van der Waals surface area contributed by atoms with E-state index in [4.69, 9.17) is 9.72 Å². The Hall–Kier alpha value is -3.03. The maximum absolute atomic E-state index is 13.3. The molecule has 0 bridgehead atoms. The van der Waals surface area contributed by atoms with Crippen LogP contribution >= 0.6 is 0 Å². The lowest BCUT2D eigenvalue weighted by Gasteiger charge is -2.31. The van der Waals surface area contributed by atoms with E-state index < -0.39 is 11.6 Å². The number of fused-ring (bicyclic) bond motifs is 5. The Morgan fingerprint density at radius 1 is 1.25 bits per heavy atom. The summed E-state index contributed by atoms with van der Waals surface area (Å²) in [5.41, 5.74) is 2.89. The third kappa shape index (κ3) is 2.92. The molecule has 7 nitrogen and oxygen atoms in total. The summed E-state index contributed by atoms with van der Waals surface area (Å²) in [4.78, 5) is 30.7. The average Bonchev–Trinajstić information content (AvgIpc) is 3.12. The van der Waals surface area contributed by atoms with Gasteiger partial charge in [-0.3, -0.25) is 4.79 Å². The summed E-state index contributed by atoms with van der Waals surface area (Å²) in [5.74, 6) is -0.711. The van der Waals surface area contributed by atoms with Crippen molar-refractivity contribution in [3.8, 4) is 11.4 Å².